The Morgan fingerprint density at radius 1 is 0.284 bits per heavy atom. The van der Waals surface area contributed by atoms with Gasteiger partial charge in [0.2, 0.25) is 0 Å². The monoisotopic (exact) mass is 941 g/mol. The maximum absolute atomic E-state index is 2.52. The highest BCUT2D eigenvalue weighted by molar-refractivity contribution is 6.13. The van der Waals surface area contributed by atoms with Gasteiger partial charge in [-0.25, -0.2) is 0 Å². The summed E-state index contributed by atoms with van der Waals surface area (Å²) in [5.41, 5.74) is 22.3. The predicted molar refractivity (Wildman–Crippen MR) is 309 cm³/mol. The molecule has 1 aromatic heterocycles. The van der Waals surface area contributed by atoms with Crippen molar-refractivity contribution in [1.82, 2.24) is 4.57 Å². The number of fused-ring (bicyclic) bond motifs is 13. The van der Waals surface area contributed by atoms with E-state index in [1.54, 1.807) is 0 Å². The predicted octanol–water partition coefficient (Wildman–Crippen LogP) is 18.9. The van der Waals surface area contributed by atoms with Gasteiger partial charge in [-0.05, 0) is 140 Å². The van der Waals surface area contributed by atoms with Gasteiger partial charge < -0.3 is 14.4 Å². The van der Waals surface area contributed by atoms with Crippen molar-refractivity contribution < 1.29 is 0 Å². The first-order valence-electron chi connectivity index (χ1n) is 25.6. The van der Waals surface area contributed by atoms with Crippen molar-refractivity contribution in [3.8, 4) is 39.1 Å². The Kier molecular flexibility index (Phi) is 9.48. The third kappa shape index (κ3) is 6.27. The van der Waals surface area contributed by atoms with Crippen LogP contribution in [0.4, 0.5) is 34.1 Å². The third-order valence-electron chi connectivity index (χ3n) is 15.8. The van der Waals surface area contributed by atoms with Gasteiger partial charge >= 0.3 is 0 Å². The lowest BCUT2D eigenvalue weighted by atomic mass is 9.65. The number of anilines is 6. The summed E-state index contributed by atoms with van der Waals surface area (Å²) in [5, 5.41) is 4.96. The Bertz CT molecular complexity index is 4280. The highest BCUT2D eigenvalue weighted by atomic mass is 15.1. The average molecular weight is 942 g/mol. The number of para-hydroxylation sites is 4. The molecule has 15 rings (SSSR count). The van der Waals surface area contributed by atoms with Crippen LogP contribution in [0.1, 0.15) is 22.3 Å². The van der Waals surface area contributed by atoms with E-state index in [-0.39, 0.29) is 0 Å². The van der Waals surface area contributed by atoms with Gasteiger partial charge in [-0.15, -0.1) is 0 Å². The van der Waals surface area contributed by atoms with Crippen molar-refractivity contribution in [2.75, 3.05) is 9.80 Å². The molecule has 1 unspecified atom stereocenters. The summed E-state index contributed by atoms with van der Waals surface area (Å²) in [7, 11) is 0. The minimum atomic E-state index is -0.565. The molecule has 2 aliphatic rings. The van der Waals surface area contributed by atoms with E-state index in [1.807, 2.05) is 0 Å². The lowest BCUT2D eigenvalue weighted by molar-refractivity contribution is 0.748. The van der Waals surface area contributed by atoms with Gasteiger partial charge in [0, 0.05) is 44.6 Å². The topological polar surface area (TPSA) is 11.4 Å². The molecule has 0 saturated heterocycles. The van der Waals surface area contributed by atoms with Crippen molar-refractivity contribution in [3.05, 3.63) is 307 Å². The standard InChI is InChI=1S/C71H47N3/c1-3-17-48(18-4-1)49-33-39-54(40-34-49)72(53-21-5-2-6-22-53)55-41-35-50(36-42-55)51-37-43-56(44-38-51)73(67-32-15-20-52-19-7-8-23-58(52)67)57-45-46-60-59-24-9-11-27-63(59)71(66(60)47-57)64-28-12-14-31-69(64)74-68-30-13-10-25-61(68)62-26-16-29-65(71)70(62)74/h1-47H. The number of rotatable bonds is 8. The molecule has 1 aliphatic heterocycles. The van der Waals surface area contributed by atoms with Gasteiger partial charge in [-0.3, -0.25) is 0 Å². The number of benzene rings is 12. The van der Waals surface area contributed by atoms with Crippen LogP contribution in [0, 0.1) is 0 Å². The molecule has 0 radical (unpaired) electrons. The fourth-order valence-corrected chi connectivity index (χ4v) is 12.6. The number of aromatic nitrogens is 1. The van der Waals surface area contributed by atoms with E-state index in [2.05, 4.69) is 299 Å². The number of hydrogen-bond donors (Lipinski definition) is 0. The van der Waals surface area contributed by atoms with Crippen LogP contribution in [-0.4, -0.2) is 4.57 Å². The molecule has 0 saturated carbocycles. The van der Waals surface area contributed by atoms with Crippen molar-refractivity contribution in [2.45, 2.75) is 5.41 Å². The lowest BCUT2D eigenvalue weighted by Crippen LogP contribution is -2.33. The zero-order valence-electron chi connectivity index (χ0n) is 40.5. The molecule has 13 aromatic rings. The quantitative estimate of drug-likeness (QED) is 0.150. The van der Waals surface area contributed by atoms with Gasteiger partial charge in [0.05, 0.1) is 27.8 Å². The van der Waals surface area contributed by atoms with Crippen LogP contribution in [-0.2, 0) is 5.41 Å². The summed E-state index contributed by atoms with van der Waals surface area (Å²) in [4.78, 5) is 4.80. The maximum Gasteiger partial charge on any atom is 0.0755 e. The number of hydrogen-bond acceptors (Lipinski definition) is 2. The molecular formula is C71H47N3. The van der Waals surface area contributed by atoms with Crippen LogP contribution >= 0.6 is 0 Å². The van der Waals surface area contributed by atoms with E-state index in [0.717, 1.165) is 45.3 Å². The molecule has 74 heavy (non-hydrogen) atoms. The molecule has 1 aliphatic carbocycles. The molecule has 346 valence electrons. The van der Waals surface area contributed by atoms with Crippen LogP contribution < -0.4 is 9.80 Å². The first-order valence-corrected chi connectivity index (χ1v) is 25.6. The first-order chi connectivity index (χ1) is 36.7. The fraction of sp³-hybridized carbons (Fsp3) is 0.0141. The van der Waals surface area contributed by atoms with E-state index >= 15 is 0 Å². The minimum absolute atomic E-state index is 0.565. The molecule has 1 spiro atoms. The molecule has 0 N–H and O–H groups in total. The second-order valence-electron chi connectivity index (χ2n) is 19.6. The lowest BCUT2D eigenvalue weighted by Gasteiger charge is -2.40. The van der Waals surface area contributed by atoms with Gasteiger partial charge in [0.25, 0.3) is 0 Å². The Morgan fingerprint density at radius 3 is 1.50 bits per heavy atom. The van der Waals surface area contributed by atoms with Gasteiger partial charge in [0.1, 0.15) is 0 Å². The smallest absolute Gasteiger partial charge is 0.0755 e. The summed E-state index contributed by atoms with van der Waals surface area (Å²) in [6, 6.07) is 105. The maximum atomic E-state index is 2.52. The summed E-state index contributed by atoms with van der Waals surface area (Å²) in [6.45, 7) is 0. The third-order valence-corrected chi connectivity index (χ3v) is 15.8. The Labute approximate surface area is 430 Å². The van der Waals surface area contributed by atoms with Crippen LogP contribution in [0.15, 0.2) is 285 Å². The van der Waals surface area contributed by atoms with Crippen LogP contribution in [0.5, 0.6) is 0 Å². The van der Waals surface area contributed by atoms with E-state index < -0.39 is 5.41 Å². The largest absolute Gasteiger partial charge is 0.311 e. The summed E-state index contributed by atoms with van der Waals surface area (Å²) >= 11 is 0. The number of nitrogens with zero attached hydrogens (tertiary/aromatic N) is 3. The van der Waals surface area contributed by atoms with Crippen LogP contribution in [0.25, 0.3) is 71.6 Å². The molecule has 0 bridgehead atoms. The van der Waals surface area contributed by atoms with Crippen molar-refractivity contribution in [1.29, 1.82) is 0 Å². The van der Waals surface area contributed by atoms with Crippen LogP contribution in [0.3, 0.4) is 0 Å². The molecule has 1 atom stereocenters. The van der Waals surface area contributed by atoms with Crippen molar-refractivity contribution >= 4 is 66.7 Å². The van der Waals surface area contributed by atoms with Gasteiger partial charge in [-0.2, -0.15) is 0 Å². The molecule has 12 aromatic carbocycles. The highest BCUT2D eigenvalue weighted by Crippen LogP contribution is 2.62. The zero-order valence-corrected chi connectivity index (χ0v) is 40.5. The minimum Gasteiger partial charge on any atom is -0.311 e. The van der Waals surface area contributed by atoms with E-state index in [9.17, 15) is 0 Å². The second kappa shape index (κ2) is 16.7. The molecule has 3 nitrogen and oxygen atoms in total. The second-order valence-corrected chi connectivity index (χ2v) is 19.6. The van der Waals surface area contributed by atoms with Gasteiger partial charge in [-0.1, -0.05) is 206 Å². The summed E-state index contributed by atoms with van der Waals surface area (Å²) < 4.78 is 2.52. The molecule has 0 amide bonds. The average Bonchev–Trinajstić information content (AvgIpc) is 3.98. The van der Waals surface area contributed by atoms with Gasteiger partial charge in [0.15, 0.2) is 0 Å². The Balaban J connectivity index is 0.862. The van der Waals surface area contributed by atoms with E-state index in [1.165, 1.54) is 82.8 Å². The van der Waals surface area contributed by atoms with Crippen molar-refractivity contribution in [3.63, 3.8) is 0 Å². The fourth-order valence-electron chi connectivity index (χ4n) is 12.6. The summed E-state index contributed by atoms with van der Waals surface area (Å²) in [5.74, 6) is 0. The molecule has 3 heteroatoms. The van der Waals surface area contributed by atoms with Crippen LogP contribution in [0.2, 0.25) is 0 Å². The highest BCUT2D eigenvalue weighted by Gasteiger charge is 2.51. The van der Waals surface area contributed by atoms with Crippen molar-refractivity contribution in [2.24, 2.45) is 0 Å². The Morgan fingerprint density at radius 2 is 0.770 bits per heavy atom. The van der Waals surface area contributed by atoms with E-state index in [0.29, 0.717) is 0 Å². The Hall–Kier alpha value is -9.70. The normalized spacial score (nSPS) is 14.0. The summed E-state index contributed by atoms with van der Waals surface area (Å²) in [6.07, 6.45) is 0. The molecular weight excluding hydrogens is 895 g/mol. The zero-order chi connectivity index (χ0) is 48.7. The molecule has 2 heterocycles. The SMILES string of the molecule is c1ccc(-c2ccc(N(c3ccccc3)c3ccc(-c4ccc(N(c5ccc6c(c5)C5(c7ccccc7-6)c6ccccc6-n6c7ccccc7c7cccc5c76)c5cccc6ccccc56)cc4)cc3)cc2)cc1. The molecule has 0 fully saturated rings. The van der Waals surface area contributed by atoms with E-state index in [4.69, 9.17) is 0 Å². The first kappa shape index (κ1) is 42.0.